The van der Waals surface area contributed by atoms with Gasteiger partial charge in [-0.2, -0.15) is 0 Å². The van der Waals surface area contributed by atoms with Crippen molar-refractivity contribution in [1.29, 1.82) is 0 Å². The molecule has 0 bridgehead atoms. The molecule has 0 atom stereocenters. The maximum Gasteiger partial charge on any atom is 0.321 e. The van der Waals surface area contributed by atoms with Crippen molar-refractivity contribution >= 4 is 35.7 Å². The van der Waals surface area contributed by atoms with Crippen molar-refractivity contribution in [2.75, 3.05) is 43.9 Å². The number of nitrogens with one attached hydrogen (secondary N) is 3. The van der Waals surface area contributed by atoms with E-state index in [4.69, 9.17) is 4.74 Å². The molecule has 0 aromatic heterocycles. The van der Waals surface area contributed by atoms with Crippen LogP contribution in [0, 0.1) is 0 Å². The molecule has 2 aromatic rings. The minimum Gasteiger partial charge on any atom is -0.497 e. The van der Waals surface area contributed by atoms with E-state index in [1.165, 1.54) is 0 Å². The summed E-state index contributed by atoms with van der Waals surface area (Å²) < 4.78 is 5.09. The van der Waals surface area contributed by atoms with Crippen molar-refractivity contribution < 1.29 is 14.3 Å². The summed E-state index contributed by atoms with van der Waals surface area (Å²) in [6.07, 6.45) is 0. The van der Waals surface area contributed by atoms with Gasteiger partial charge < -0.3 is 25.6 Å². The minimum atomic E-state index is -0.213. The number of hydrogen-bond acceptors (Lipinski definition) is 4. The summed E-state index contributed by atoms with van der Waals surface area (Å²) >= 11 is 0. The molecule has 1 heterocycles. The molecule has 1 aliphatic heterocycles. The van der Waals surface area contributed by atoms with E-state index in [0.29, 0.717) is 30.0 Å². The fourth-order valence-corrected chi connectivity index (χ4v) is 2.65. The molecule has 3 N–H and O–H groups in total. The van der Waals surface area contributed by atoms with Gasteiger partial charge >= 0.3 is 6.03 Å². The molecule has 3 rings (SSSR count). The number of hydrogen-bond donors (Lipinski definition) is 3. The molecule has 2 aromatic carbocycles. The predicted molar refractivity (Wildman–Crippen MR) is 108 cm³/mol. The van der Waals surface area contributed by atoms with Gasteiger partial charge in [-0.1, -0.05) is 0 Å². The van der Waals surface area contributed by atoms with Crippen LogP contribution in [0.1, 0.15) is 10.4 Å². The second kappa shape index (κ2) is 9.80. The number of carbonyl (C=O) groups excluding carboxylic acids is 2. The molecule has 0 radical (unpaired) electrons. The molecule has 0 saturated carbocycles. The Hall–Kier alpha value is -2.77. The van der Waals surface area contributed by atoms with Gasteiger partial charge in [0.05, 0.1) is 7.11 Å². The standard InChI is InChI=1S/C19H22N4O3.ClH/c1-26-17-8-6-15(7-9-17)21-18(24)14-2-4-16(5-3-14)22-19(25)23-12-10-20-11-13-23;/h2-9,20H,10-13H2,1H3,(H,21,24)(H,22,25);1H. The molecule has 1 fully saturated rings. The van der Waals surface area contributed by atoms with Crippen LogP contribution in [0.3, 0.4) is 0 Å². The Kier molecular flexibility index (Phi) is 7.45. The SMILES string of the molecule is COc1ccc(NC(=O)c2ccc(NC(=O)N3CCNCC3)cc2)cc1.Cl. The van der Waals surface area contributed by atoms with Crippen LogP contribution in [-0.4, -0.2) is 50.1 Å². The van der Waals surface area contributed by atoms with Gasteiger partial charge in [0.15, 0.2) is 0 Å². The summed E-state index contributed by atoms with van der Waals surface area (Å²) in [5.74, 6) is 0.516. The molecule has 8 heteroatoms. The average molecular weight is 391 g/mol. The molecule has 7 nitrogen and oxygen atoms in total. The highest BCUT2D eigenvalue weighted by Crippen LogP contribution is 2.17. The van der Waals surface area contributed by atoms with Crippen molar-refractivity contribution in [3.05, 3.63) is 54.1 Å². The Balaban J connectivity index is 0.00000261. The molecule has 144 valence electrons. The Morgan fingerprint density at radius 2 is 1.48 bits per heavy atom. The van der Waals surface area contributed by atoms with Gasteiger partial charge in [0.2, 0.25) is 0 Å². The third kappa shape index (κ3) is 5.60. The van der Waals surface area contributed by atoms with Gasteiger partial charge in [-0.05, 0) is 48.5 Å². The zero-order valence-corrected chi connectivity index (χ0v) is 15.8. The maximum absolute atomic E-state index is 12.3. The highest BCUT2D eigenvalue weighted by Gasteiger charge is 2.16. The number of anilines is 2. The largest absolute Gasteiger partial charge is 0.497 e. The van der Waals surface area contributed by atoms with Crippen LogP contribution in [0.5, 0.6) is 5.75 Å². The van der Waals surface area contributed by atoms with E-state index in [-0.39, 0.29) is 24.3 Å². The molecular weight excluding hydrogens is 368 g/mol. The van der Waals surface area contributed by atoms with E-state index in [1.54, 1.807) is 60.5 Å². The highest BCUT2D eigenvalue weighted by atomic mass is 35.5. The van der Waals surface area contributed by atoms with Crippen LogP contribution in [0.2, 0.25) is 0 Å². The zero-order chi connectivity index (χ0) is 18.4. The van der Waals surface area contributed by atoms with E-state index in [1.807, 2.05) is 0 Å². The lowest BCUT2D eigenvalue weighted by Crippen LogP contribution is -2.48. The topological polar surface area (TPSA) is 82.7 Å². The summed E-state index contributed by atoms with van der Waals surface area (Å²) in [5.41, 5.74) is 1.86. The van der Waals surface area contributed by atoms with Crippen LogP contribution in [0.25, 0.3) is 0 Å². The minimum absolute atomic E-state index is 0. The van der Waals surface area contributed by atoms with E-state index >= 15 is 0 Å². The van der Waals surface area contributed by atoms with Gasteiger partial charge in [0.25, 0.3) is 5.91 Å². The first-order chi connectivity index (χ1) is 12.7. The maximum atomic E-state index is 12.3. The first-order valence-electron chi connectivity index (χ1n) is 8.48. The second-order valence-corrected chi connectivity index (χ2v) is 5.93. The fourth-order valence-electron chi connectivity index (χ4n) is 2.65. The van der Waals surface area contributed by atoms with Crippen molar-refractivity contribution in [1.82, 2.24) is 10.2 Å². The van der Waals surface area contributed by atoms with E-state index in [9.17, 15) is 9.59 Å². The normalized spacial score (nSPS) is 13.3. The Bertz CT molecular complexity index is 760. The number of ether oxygens (including phenoxy) is 1. The monoisotopic (exact) mass is 390 g/mol. The molecule has 3 amide bonds. The third-order valence-electron chi connectivity index (χ3n) is 4.15. The summed E-state index contributed by atoms with van der Waals surface area (Å²) in [6, 6.07) is 13.8. The van der Waals surface area contributed by atoms with Crippen molar-refractivity contribution in [2.24, 2.45) is 0 Å². The van der Waals surface area contributed by atoms with Crippen LogP contribution >= 0.6 is 12.4 Å². The molecule has 0 unspecified atom stereocenters. The number of nitrogens with zero attached hydrogens (tertiary/aromatic N) is 1. The number of piperazine rings is 1. The van der Waals surface area contributed by atoms with Crippen LogP contribution < -0.4 is 20.7 Å². The lowest BCUT2D eigenvalue weighted by molar-refractivity contribution is 0.102. The lowest BCUT2D eigenvalue weighted by atomic mass is 10.2. The summed E-state index contributed by atoms with van der Waals surface area (Å²) in [7, 11) is 1.59. The van der Waals surface area contributed by atoms with Crippen LogP contribution in [-0.2, 0) is 0 Å². The van der Waals surface area contributed by atoms with Crippen LogP contribution in [0.15, 0.2) is 48.5 Å². The first-order valence-corrected chi connectivity index (χ1v) is 8.48. The number of carbonyl (C=O) groups is 2. The fraction of sp³-hybridized carbons (Fsp3) is 0.263. The van der Waals surface area contributed by atoms with Gasteiger partial charge in [0, 0.05) is 43.1 Å². The van der Waals surface area contributed by atoms with Crippen molar-refractivity contribution in [3.8, 4) is 5.75 Å². The lowest BCUT2D eigenvalue weighted by Gasteiger charge is -2.27. The Morgan fingerprint density at radius 1 is 0.926 bits per heavy atom. The highest BCUT2D eigenvalue weighted by molar-refractivity contribution is 6.04. The van der Waals surface area contributed by atoms with E-state index in [0.717, 1.165) is 18.8 Å². The number of amides is 3. The Morgan fingerprint density at radius 3 is 2.07 bits per heavy atom. The van der Waals surface area contributed by atoms with E-state index < -0.39 is 0 Å². The zero-order valence-electron chi connectivity index (χ0n) is 15.0. The van der Waals surface area contributed by atoms with Gasteiger partial charge in [-0.25, -0.2) is 4.79 Å². The van der Waals surface area contributed by atoms with Crippen molar-refractivity contribution in [2.45, 2.75) is 0 Å². The molecule has 27 heavy (non-hydrogen) atoms. The summed E-state index contributed by atoms with van der Waals surface area (Å²) in [6.45, 7) is 2.98. The number of urea groups is 1. The van der Waals surface area contributed by atoms with Gasteiger partial charge in [-0.15, -0.1) is 12.4 Å². The quantitative estimate of drug-likeness (QED) is 0.749. The van der Waals surface area contributed by atoms with Crippen LogP contribution in [0.4, 0.5) is 16.2 Å². The number of rotatable bonds is 4. The molecular formula is C19H23ClN4O3. The number of benzene rings is 2. The molecule has 1 saturated heterocycles. The third-order valence-corrected chi connectivity index (χ3v) is 4.15. The van der Waals surface area contributed by atoms with Crippen molar-refractivity contribution in [3.63, 3.8) is 0 Å². The molecule has 0 spiro atoms. The summed E-state index contributed by atoms with van der Waals surface area (Å²) in [4.78, 5) is 26.2. The number of methoxy groups -OCH3 is 1. The van der Waals surface area contributed by atoms with Gasteiger partial charge in [-0.3, -0.25) is 4.79 Å². The van der Waals surface area contributed by atoms with E-state index in [2.05, 4.69) is 16.0 Å². The molecule has 1 aliphatic rings. The molecule has 0 aliphatic carbocycles. The first kappa shape index (κ1) is 20.5. The summed E-state index contributed by atoms with van der Waals surface area (Å²) in [5, 5.41) is 8.88. The smallest absolute Gasteiger partial charge is 0.321 e. The average Bonchev–Trinajstić information content (AvgIpc) is 2.69. The predicted octanol–water partition coefficient (Wildman–Crippen LogP) is 2.81. The number of halogens is 1. The Labute approximate surface area is 164 Å². The second-order valence-electron chi connectivity index (χ2n) is 5.93. The van der Waals surface area contributed by atoms with Gasteiger partial charge in [0.1, 0.15) is 5.75 Å².